The number of nitrogens with one attached hydrogen (secondary N) is 1. The molecule has 2 rings (SSSR count). The zero-order valence-corrected chi connectivity index (χ0v) is 10.4. The molecule has 1 aromatic carbocycles. The Morgan fingerprint density at radius 2 is 2.00 bits per heavy atom. The number of benzene rings is 1. The smallest absolute Gasteiger partial charge is 0.170 e. The molecule has 2 aromatic rings. The van der Waals surface area contributed by atoms with Crippen molar-refractivity contribution >= 4 is 28.3 Å². The van der Waals surface area contributed by atoms with E-state index in [1.165, 1.54) is 0 Å². The summed E-state index contributed by atoms with van der Waals surface area (Å²) in [6.45, 7) is 5.72. The molecule has 1 aromatic heterocycles. The molecule has 0 unspecified atom stereocenters. The van der Waals surface area contributed by atoms with E-state index in [9.17, 15) is 4.79 Å². The van der Waals surface area contributed by atoms with E-state index in [0.29, 0.717) is 10.6 Å². The first-order chi connectivity index (χ1) is 7.41. The van der Waals surface area contributed by atoms with Crippen LogP contribution in [0.5, 0.6) is 0 Å². The lowest BCUT2D eigenvalue weighted by molar-refractivity contribution is 0.0860. The van der Waals surface area contributed by atoms with Crippen LogP contribution >= 0.6 is 11.6 Å². The molecule has 16 heavy (non-hydrogen) atoms. The van der Waals surface area contributed by atoms with Crippen molar-refractivity contribution in [2.24, 2.45) is 5.41 Å². The number of ketones is 1. The number of halogens is 1. The lowest BCUT2D eigenvalue weighted by atomic mass is 9.86. The summed E-state index contributed by atoms with van der Waals surface area (Å²) in [5, 5.41) is 1.44. The molecule has 0 aliphatic rings. The summed E-state index contributed by atoms with van der Waals surface area (Å²) in [6, 6.07) is 5.59. The van der Waals surface area contributed by atoms with Gasteiger partial charge in [0.05, 0.1) is 5.02 Å². The molecule has 0 fully saturated rings. The predicted molar refractivity (Wildman–Crippen MR) is 67.1 cm³/mol. The average Bonchev–Trinajstić information content (AvgIpc) is 2.60. The molecule has 0 amide bonds. The molecule has 0 saturated heterocycles. The summed E-state index contributed by atoms with van der Waals surface area (Å²) >= 11 is 6.13. The van der Waals surface area contributed by atoms with Crippen molar-refractivity contribution in [1.29, 1.82) is 0 Å². The van der Waals surface area contributed by atoms with Crippen LogP contribution in [0.4, 0.5) is 0 Å². The molecule has 1 N–H and O–H groups in total. The number of hydrogen-bond acceptors (Lipinski definition) is 1. The van der Waals surface area contributed by atoms with Crippen LogP contribution in [-0.4, -0.2) is 10.8 Å². The minimum Gasteiger partial charge on any atom is -0.360 e. The van der Waals surface area contributed by atoms with Crippen molar-refractivity contribution in [3.05, 3.63) is 35.0 Å². The molecular weight excluding hydrogens is 222 g/mol. The number of carbonyl (C=O) groups is 1. The second-order valence-corrected chi connectivity index (χ2v) is 5.35. The molecule has 0 atom stereocenters. The van der Waals surface area contributed by atoms with Gasteiger partial charge >= 0.3 is 0 Å². The lowest BCUT2D eigenvalue weighted by Gasteiger charge is -2.15. The number of hydrogen-bond donors (Lipinski definition) is 1. The van der Waals surface area contributed by atoms with E-state index >= 15 is 0 Å². The fourth-order valence-corrected chi connectivity index (χ4v) is 2.00. The first-order valence-electron chi connectivity index (χ1n) is 5.21. The van der Waals surface area contributed by atoms with E-state index in [1.54, 1.807) is 12.3 Å². The average molecular weight is 236 g/mol. The molecule has 3 heteroatoms. The van der Waals surface area contributed by atoms with Crippen LogP contribution in [0.1, 0.15) is 31.1 Å². The van der Waals surface area contributed by atoms with E-state index in [4.69, 9.17) is 11.6 Å². The predicted octanol–water partition coefficient (Wildman–Crippen LogP) is 4.05. The van der Waals surface area contributed by atoms with Crippen LogP contribution in [0.15, 0.2) is 24.4 Å². The van der Waals surface area contributed by atoms with Gasteiger partial charge in [-0.3, -0.25) is 4.79 Å². The first kappa shape index (κ1) is 11.2. The van der Waals surface area contributed by atoms with E-state index < -0.39 is 5.41 Å². The summed E-state index contributed by atoms with van der Waals surface area (Å²) in [4.78, 5) is 15.3. The van der Waals surface area contributed by atoms with Gasteiger partial charge in [-0.05, 0) is 12.1 Å². The number of Topliss-reactive ketones (excluding diaryl/α,β-unsaturated/α-hetero) is 1. The molecular formula is C13H14ClNO. The Morgan fingerprint density at radius 3 is 2.62 bits per heavy atom. The molecule has 1 heterocycles. The number of rotatable bonds is 1. The quantitative estimate of drug-likeness (QED) is 0.744. The summed E-state index contributed by atoms with van der Waals surface area (Å²) in [5.41, 5.74) is 1.18. The Hall–Kier alpha value is -1.28. The second-order valence-electron chi connectivity index (χ2n) is 4.94. The van der Waals surface area contributed by atoms with Gasteiger partial charge in [0.2, 0.25) is 0 Å². The lowest BCUT2D eigenvalue weighted by Crippen LogP contribution is -2.19. The van der Waals surface area contributed by atoms with Gasteiger partial charge in [0.1, 0.15) is 0 Å². The maximum Gasteiger partial charge on any atom is 0.170 e. The van der Waals surface area contributed by atoms with Crippen molar-refractivity contribution in [1.82, 2.24) is 4.98 Å². The van der Waals surface area contributed by atoms with Gasteiger partial charge in [-0.25, -0.2) is 0 Å². The highest BCUT2D eigenvalue weighted by molar-refractivity contribution is 6.37. The van der Waals surface area contributed by atoms with Gasteiger partial charge in [-0.15, -0.1) is 0 Å². The number of aromatic amines is 1. The Balaban J connectivity index is 2.67. The number of fused-ring (bicyclic) bond motifs is 1. The molecule has 0 spiro atoms. The highest BCUT2D eigenvalue weighted by atomic mass is 35.5. The second kappa shape index (κ2) is 3.63. The number of aromatic nitrogens is 1. The van der Waals surface area contributed by atoms with Gasteiger partial charge in [0.15, 0.2) is 5.78 Å². The van der Waals surface area contributed by atoms with Crippen molar-refractivity contribution in [3.63, 3.8) is 0 Å². The van der Waals surface area contributed by atoms with Gasteiger partial charge in [0.25, 0.3) is 0 Å². The maximum absolute atomic E-state index is 12.2. The number of H-pyrrole nitrogens is 1. The van der Waals surface area contributed by atoms with Crippen LogP contribution in [-0.2, 0) is 0 Å². The molecule has 0 aliphatic heterocycles. The van der Waals surface area contributed by atoms with Crippen molar-refractivity contribution in [2.45, 2.75) is 20.8 Å². The van der Waals surface area contributed by atoms with E-state index in [2.05, 4.69) is 4.98 Å². The summed E-state index contributed by atoms with van der Waals surface area (Å²) < 4.78 is 0. The van der Waals surface area contributed by atoms with Gasteiger partial charge < -0.3 is 4.98 Å². The molecule has 84 valence electrons. The Labute approximate surface area is 99.6 Å². The highest BCUT2D eigenvalue weighted by Gasteiger charge is 2.25. The third kappa shape index (κ3) is 1.74. The summed E-state index contributed by atoms with van der Waals surface area (Å²) in [5.74, 6) is 0.104. The van der Waals surface area contributed by atoms with Gasteiger partial charge in [-0.2, -0.15) is 0 Å². The molecule has 0 bridgehead atoms. The van der Waals surface area contributed by atoms with Crippen LogP contribution in [0, 0.1) is 5.41 Å². The highest BCUT2D eigenvalue weighted by Crippen LogP contribution is 2.31. The van der Waals surface area contributed by atoms with E-state index in [0.717, 1.165) is 10.9 Å². The molecule has 2 nitrogen and oxygen atoms in total. The zero-order valence-electron chi connectivity index (χ0n) is 9.60. The standard InChI is InChI=1S/C13H14ClNO/c1-13(2,3)12(16)8-7-15-10-6-4-5-9(14)11(8)10/h4-7,15H,1-3H3. The third-order valence-electron chi connectivity index (χ3n) is 2.58. The minimum atomic E-state index is -0.395. The maximum atomic E-state index is 12.2. The van der Waals surface area contributed by atoms with Crippen LogP contribution in [0.25, 0.3) is 10.9 Å². The van der Waals surface area contributed by atoms with Crippen molar-refractivity contribution < 1.29 is 4.79 Å². The van der Waals surface area contributed by atoms with Crippen molar-refractivity contribution in [2.75, 3.05) is 0 Å². The van der Waals surface area contributed by atoms with Crippen LogP contribution < -0.4 is 0 Å². The van der Waals surface area contributed by atoms with E-state index in [-0.39, 0.29) is 5.78 Å². The molecule has 0 saturated carbocycles. The molecule has 0 radical (unpaired) electrons. The fraction of sp³-hybridized carbons (Fsp3) is 0.308. The Morgan fingerprint density at radius 1 is 1.31 bits per heavy atom. The summed E-state index contributed by atoms with van der Waals surface area (Å²) in [7, 11) is 0. The van der Waals surface area contributed by atoms with Crippen LogP contribution in [0.3, 0.4) is 0 Å². The Kier molecular flexibility index (Phi) is 2.55. The van der Waals surface area contributed by atoms with Gasteiger partial charge in [0, 0.05) is 28.1 Å². The topological polar surface area (TPSA) is 32.9 Å². The first-order valence-corrected chi connectivity index (χ1v) is 5.59. The van der Waals surface area contributed by atoms with Crippen molar-refractivity contribution in [3.8, 4) is 0 Å². The number of carbonyl (C=O) groups excluding carboxylic acids is 1. The SMILES string of the molecule is CC(C)(C)C(=O)c1c[nH]c2cccc(Cl)c12. The van der Waals surface area contributed by atoms with Gasteiger partial charge in [-0.1, -0.05) is 38.4 Å². The normalized spacial score (nSPS) is 12.0. The third-order valence-corrected chi connectivity index (χ3v) is 2.90. The fourth-order valence-electron chi connectivity index (χ4n) is 1.72. The summed E-state index contributed by atoms with van der Waals surface area (Å²) in [6.07, 6.45) is 1.74. The van der Waals surface area contributed by atoms with Crippen LogP contribution in [0.2, 0.25) is 5.02 Å². The van der Waals surface area contributed by atoms with E-state index in [1.807, 2.05) is 32.9 Å². The largest absolute Gasteiger partial charge is 0.360 e. The molecule has 0 aliphatic carbocycles. The monoisotopic (exact) mass is 235 g/mol. The zero-order chi connectivity index (χ0) is 11.9. The minimum absolute atomic E-state index is 0.104. The Bertz CT molecular complexity index is 549.